The third-order valence-electron chi connectivity index (χ3n) is 3.41. The van der Waals surface area contributed by atoms with Gasteiger partial charge in [0, 0.05) is 23.8 Å². The fourth-order valence-corrected chi connectivity index (χ4v) is 2.85. The van der Waals surface area contributed by atoms with E-state index in [4.69, 9.17) is 0 Å². The number of halogens is 1. The minimum Gasteiger partial charge on any atom is -0.366 e. The van der Waals surface area contributed by atoms with Crippen LogP contribution in [0.5, 0.6) is 0 Å². The number of benzene rings is 1. The molecule has 3 rings (SSSR count). The summed E-state index contributed by atoms with van der Waals surface area (Å²) in [5.74, 6) is 0. The molecule has 2 nitrogen and oxygen atoms in total. The molecule has 92 valence electrons. The van der Waals surface area contributed by atoms with Gasteiger partial charge in [0.2, 0.25) is 0 Å². The number of anilines is 1. The van der Waals surface area contributed by atoms with Gasteiger partial charge >= 0.3 is 0 Å². The van der Waals surface area contributed by atoms with Gasteiger partial charge in [-0.25, -0.2) is 0 Å². The molecule has 0 saturated carbocycles. The molecule has 0 amide bonds. The van der Waals surface area contributed by atoms with Crippen LogP contribution < -0.4 is 4.90 Å². The molecular weight excluding hydrogens is 288 g/mol. The number of fused-ring (bicyclic) bond motifs is 1. The number of hydrogen-bond donors (Lipinski definition) is 0. The molecule has 2 heterocycles. The number of hydrogen-bond acceptors (Lipinski definition) is 2. The van der Waals surface area contributed by atoms with Gasteiger partial charge in [0.15, 0.2) is 0 Å². The smallest absolute Gasteiger partial charge is 0.0567 e. The van der Waals surface area contributed by atoms with Crippen LogP contribution in [0.4, 0.5) is 5.69 Å². The lowest BCUT2D eigenvalue weighted by Gasteiger charge is -2.22. The zero-order valence-electron chi connectivity index (χ0n) is 10.1. The topological polar surface area (TPSA) is 16.1 Å². The molecule has 0 atom stereocenters. The Morgan fingerprint density at radius 3 is 2.78 bits per heavy atom. The summed E-state index contributed by atoms with van der Waals surface area (Å²) in [6.07, 6.45) is 6.14. The lowest BCUT2D eigenvalue weighted by atomic mass is 10.0. The van der Waals surface area contributed by atoms with Gasteiger partial charge in [0.05, 0.1) is 11.9 Å². The van der Waals surface area contributed by atoms with Crippen molar-refractivity contribution in [3.05, 3.63) is 58.3 Å². The monoisotopic (exact) mass is 302 g/mol. The molecule has 3 heteroatoms. The van der Waals surface area contributed by atoms with Gasteiger partial charge < -0.3 is 4.90 Å². The average molecular weight is 303 g/mol. The van der Waals surface area contributed by atoms with Crippen LogP contribution in [0.15, 0.2) is 47.2 Å². The maximum atomic E-state index is 4.26. The van der Waals surface area contributed by atoms with Gasteiger partial charge in [-0.15, -0.1) is 0 Å². The van der Waals surface area contributed by atoms with Crippen molar-refractivity contribution in [2.75, 3.05) is 11.4 Å². The second kappa shape index (κ2) is 5.11. The summed E-state index contributed by atoms with van der Waals surface area (Å²) in [5.41, 5.74) is 4.12. The van der Waals surface area contributed by atoms with Crippen molar-refractivity contribution >= 4 is 21.6 Å². The molecule has 1 aliphatic rings. The molecule has 18 heavy (non-hydrogen) atoms. The number of rotatable bonds is 1. The Labute approximate surface area is 116 Å². The van der Waals surface area contributed by atoms with E-state index in [0.717, 1.165) is 17.6 Å². The van der Waals surface area contributed by atoms with Crippen LogP contribution in [0.25, 0.3) is 0 Å². The van der Waals surface area contributed by atoms with Crippen LogP contribution >= 0.6 is 15.9 Å². The van der Waals surface area contributed by atoms with E-state index in [-0.39, 0.29) is 0 Å². The number of aryl methyl sites for hydroxylation is 1. The van der Waals surface area contributed by atoms with Crippen LogP contribution in [-0.4, -0.2) is 11.5 Å². The summed E-state index contributed by atoms with van der Waals surface area (Å²) in [6, 6.07) is 10.9. The van der Waals surface area contributed by atoms with Crippen LogP contribution in [0.3, 0.4) is 0 Å². The molecule has 0 radical (unpaired) electrons. The van der Waals surface area contributed by atoms with Crippen molar-refractivity contribution < 1.29 is 0 Å². The summed E-state index contributed by atoms with van der Waals surface area (Å²) in [7, 11) is 0. The van der Waals surface area contributed by atoms with Crippen LogP contribution in [0, 0.1) is 0 Å². The van der Waals surface area contributed by atoms with Gasteiger partial charge in [-0.3, -0.25) is 4.98 Å². The first kappa shape index (κ1) is 11.7. The fourth-order valence-electron chi connectivity index (χ4n) is 2.49. The van der Waals surface area contributed by atoms with Crippen LogP contribution in [0.1, 0.15) is 17.5 Å². The molecule has 1 aromatic heterocycles. The second-order valence-corrected chi connectivity index (χ2v) is 5.57. The highest BCUT2D eigenvalue weighted by Gasteiger charge is 2.14. The van der Waals surface area contributed by atoms with Crippen molar-refractivity contribution in [2.45, 2.75) is 19.4 Å². The molecule has 0 fully saturated rings. The quantitative estimate of drug-likeness (QED) is 0.796. The molecule has 1 aliphatic heterocycles. The molecule has 2 aromatic rings. The Hall–Kier alpha value is -1.35. The molecule has 0 aliphatic carbocycles. The minimum absolute atomic E-state index is 0.980. The molecular formula is C15H15BrN2. The fraction of sp³-hybridized carbons (Fsp3) is 0.267. The van der Waals surface area contributed by atoms with Crippen molar-refractivity contribution in [3.63, 3.8) is 0 Å². The Kier molecular flexibility index (Phi) is 3.33. The van der Waals surface area contributed by atoms with Gasteiger partial charge in [-0.2, -0.15) is 0 Å². The van der Waals surface area contributed by atoms with Crippen molar-refractivity contribution in [1.82, 2.24) is 4.98 Å². The van der Waals surface area contributed by atoms with Gasteiger partial charge in [0.25, 0.3) is 0 Å². The molecule has 0 saturated heterocycles. The standard InChI is InChI=1S/C15H15BrN2/c16-14-8-15(10-17-9-14)18-7-3-6-12-4-1-2-5-13(12)11-18/h1-2,4-5,8-10H,3,6-7,11H2. The van der Waals surface area contributed by atoms with E-state index in [9.17, 15) is 0 Å². The SMILES string of the molecule is Brc1cncc(N2CCCc3ccccc3C2)c1. The van der Waals surface area contributed by atoms with E-state index in [1.165, 1.54) is 29.7 Å². The van der Waals surface area contributed by atoms with Crippen molar-refractivity contribution in [2.24, 2.45) is 0 Å². The zero-order chi connectivity index (χ0) is 12.4. The maximum absolute atomic E-state index is 4.26. The Morgan fingerprint density at radius 2 is 1.94 bits per heavy atom. The van der Waals surface area contributed by atoms with Crippen molar-refractivity contribution in [1.29, 1.82) is 0 Å². The third kappa shape index (κ3) is 2.41. The summed E-state index contributed by atoms with van der Waals surface area (Å²) in [6.45, 7) is 2.07. The summed E-state index contributed by atoms with van der Waals surface area (Å²) in [4.78, 5) is 6.66. The number of nitrogens with zero attached hydrogens (tertiary/aromatic N) is 2. The van der Waals surface area contributed by atoms with Gasteiger partial charge in [-0.05, 0) is 46.0 Å². The first-order chi connectivity index (χ1) is 8.83. The predicted octanol–water partition coefficient (Wildman–Crippen LogP) is 3.80. The Morgan fingerprint density at radius 1 is 1.11 bits per heavy atom. The van der Waals surface area contributed by atoms with Crippen molar-refractivity contribution in [3.8, 4) is 0 Å². The molecule has 0 spiro atoms. The largest absolute Gasteiger partial charge is 0.366 e. The summed E-state index contributed by atoms with van der Waals surface area (Å²) < 4.78 is 1.04. The molecule has 0 bridgehead atoms. The van der Waals surface area contributed by atoms with Crippen LogP contribution in [-0.2, 0) is 13.0 Å². The first-order valence-electron chi connectivity index (χ1n) is 6.25. The average Bonchev–Trinajstić information content (AvgIpc) is 2.60. The summed E-state index contributed by atoms with van der Waals surface area (Å²) >= 11 is 3.49. The van der Waals surface area contributed by atoms with E-state index < -0.39 is 0 Å². The number of pyridine rings is 1. The van der Waals surface area contributed by atoms with E-state index in [1.807, 2.05) is 12.4 Å². The summed E-state index contributed by atoms with van der Waals surface area (Å²) in [5, 5.41) is 0. The highest BCUT2D eigenvalue weighted by Crippen LogP contribution is 2.25. The maximum Gasteiger partial charge on any atom is 0.0567 e. The second-order valence-electron chi connectivity index (χ2n) is 4.66. The number of aromatic nitrogens is 1. The Bertz CT molecular complexity index is 554. The highest BCUT2D eigenvalue weighted by molar-refractivity contribution is 9.10. The minimum atomic E-state index is 0.980. The third-order valence-corrected chi connectivity index (χ3v) is 3.84. The molecule has 1 aromatic carbocycles. The van der Waals surface area contributed by atoms with E-state index in [1.54, 1.807) is 0 Å². The van der Waals surface area contributed by atoms with E-state index >= 15 is 0 Å². The first-order valence-corrected chi connectivity index (χ1v) is 7.04. The highest BCUT2D eigenvalue weighted by atomic mass is 79.9. The Balaban J connectivity index is 1.91. The van der Waals surface area contributed by atoms with E-state index in [0.29, 0.717) is 0 Å². The van der Waals surface area contributed by atoms with E-state index in [2.05, 4.69) is 56.1 Å². The van der Waals surface area contributed by atoms with Crippen LogP contribution in [0.2, 0.25) is 0 Å². The lowest BCUT2D eigenvalue weighted by Crippen LogP contribution is -2.22. The zero-order valence-corrected chi connectivity index (χ0v) is 11.7. The molecule has 0 unspecified atom stereocenters. The lowest BCUT2D eigenvalue weighted by molar-refractivity contribution is 0.764. The molecule has 0 N–H and O–H groups in total. The predicted molar refractivity (Wildman–Crippen MR) is 77.8 cm³/mol. The van der Waals surface area contributed by atoms with Gasteiger partial charge in [0.1, 0.15) is 0 Å². The van der Waals surface area contributed by atoms with Gasteiger partial charge in [-0.1, -0.05) is 24.3 Å². The normalized spacial score (nSPS) is 15.1.